The molecule has 25 heavy (non-hydrogen) atoms. The number of carboxylic acid groups (broad SMARTS) is 1. The number of carbonyl (C=O) groups excluding carboxylic acids is 1. The maximum atomic E-state index is 12.5. The molecule has 1 N–H and O–H groups in total. The summed E-state index contributed by atoms with van der Waals surface area (Å²) >= 11 is 3.46. The quantitative estimate of drug-likeness (QED) is 0.824. The highest BCUT2D eigenvalue weighted by Gasteiger charge is 2.33. The van der Waals surface area contributed by atoms with Crippen molar-refractivity contribution in [2.24, 2.45) is 5.10 Å². The predicted molar refractivity (Wildman–Crippen MR) is 98.2 cm³/mol. The van der Waals surface area contributed by atoms with E-state index in [9.17, 15) is 9.59 Å². The van der Waals surface area contributed by atoms with Crippen molar-refractivity contribution in [2.45, 2.75) is 25.3 Å². The first-order chi connectivity index (χ1) is 12.0. The van der Waals surface area contributed by atoms with Gasteiger partial charge in [-0.25, -0.2) is 5.01 Å². The zero-order valence-corrected chi connectivity index (χ0v) is 15.0. The molecule has 1 aliphatic rings. The third-order valence-electron chi connectivity index (χ3n) is 4.06. The summed E-state index contributed by atoms with van der Waals surface area (Å²) in [6.45, 7) is 0. The van der Waals surface area contributed by atoms with Gasteiger partial charge >= 0.3 is 5.97 Å². The van der Waals surface area contributed by atoms with E-state index in [0.29, 0.717) is 6.42 Å². The molecule has 0 bridgehead atoms. The third kappa shape index (κ3) is 4.14. The van der Waals surface area contributed by atoms with Crippen LogP contribution in [0.4, 0.5) is 0 Å². The lowest BCUT2D eigenvalue weighted by Gasteiger charge is -2.22. The highest BCUT2D eigenvalue weighted by molar-refractivity contribution is 9.10. The molecule has 5 nitrogen and oxygen atoms in total. The lowest BCUT2D eigenvalue weighted by atomic mass is 9.98. The predicted octanol–water partition coefficient (Wildman–Crippen LogP) is 3.99. The van der Waals surface area contributed by atoms with Crippen LogP contribution in [0.2, 0.25) is 0 Å². The van der Waals surface area contributed by atoms with Crippen molar-refractivity contribution >= 4 is 33.5 Å². The summed E-state index contributed by atoms with van der Waals surface area (Å²) in [5.74, 6) is -1.27. The van der Waals surface area contributed by atoms with E-state index in [-0.39, 0.29) is 24.8 Å². The van der Waals surface area contributed by atoms with E-state index in [1.165, 1.54) is 5.01 Å². The van der Waals surface area contributed by atoms with Gasteiger partial charge in [-0.2, -0.15) is 5.10 Å². The van der Waals surface area contributed by atoms with Crippen LogP contribution in [-0.4, -0.2) is 27.7 Å². The van der Waals surface area contributed by atoms with Crippen LogP contribution in [0, 0.1) is 0 Å². The summed E-state index contributed by atoms with van der Waals surface area (Å²) in [4.78, 5) is 23.3. The number of benzene rings is 2. The molecule has 0 radical (unpaired) electrons. The van der Waals surface area contributed by atoms with Crippen molar-refractivity contribution in [3.05, 3.63) is 70.2 Å². The molecule has 0 saturated heterocycles. The van der Waals surface area contributed by atoms with Gasteiger partial charge in [-0.05, 0) is 23.3 Å². The van der Waals surface area contributed by atoms with Crippen molar-refractivity contribution in [3.8, 4) is 0 Å². The molecule has 128 valence electrons. The molecule has 2 aromatic rings. The summed E-state index contributed by atoms with van der Waals surface area (Å²) in [7, 11) is 0. The fourth-order valence-electron chi connectivity index (χ4n) is 2.85. The normalized spacial score (nSPS) is 16.6. The molecule has 1 atom stereocenters. The van der Waals surface area contributed by atoms with Crippen molar-refractivity contribution in [3.63, 3.8) is 0 Å². The number of carboxylic acids is 1. The molecule has 2 aromatic carbocycles. The molecule has 0 fully saturated rings. The number of hydrazone groups is 1. The number of aliphatic carboxylic acids is 1. The van der Waals surface area contributed by atoms with Gasteiger partial charge in [0.05, 0.1) is 18.2 Å². The van der Waals surface area contributed by atoms with Crippen LogP contribution in [0.25, 0.3) is 0 Å². The standard InChI is InChI=1S/C19H17BrN2O3/c20-15-8-4-7-14(11-15)17-12-16(13-5-2-1-3-6-13)21-22(17)18(23)9-10-19(24)25/h1-8,11,17H,9-10,12H2,(H,24,25)/t17-/m1/s1. The molecule has 0 aromatic heterocycles. The lowest BCUT2D eigenvalue weighted by molar-refractivity contribution is -0.141. The maximum Gasteiger partial charge on any atom is 0.303 e. The first-order valence-corrected chi connectivity index (χ1v) is 8.76. The Labute approximate surface area is 154 Å². The number of amides is 1. The Hall–Kier alpha value is -2.47. The smallest absolute Gasteiger partial charge is 0.303 e. The van der Waals surface area contributed by atoms with Gasteiger partial charge in [0, 0.05) is 17.3 Å². The topological polar surface area (TPSA) is 70.0 Å². The van der Waals surface area contributed by atoms with E-state index in [1.807, 2.05) is 54.6 Å². The second kappa shape index (κ2) is 7.61. The van der Waals surface area contributed by atoms with Gasteiger partial charge in [0.1, 0.15) is 0 Å². The average molecular weight is 401 g/mol. The zero-order valence-electron chi connectivity index (χ0n) is 13.4. The van der Waals surface area contributed by atoms with E-state index in [2.05, 4.69) is 21.0 Å². The molecule has 0 unspecified atom stereocenters. The van der Waals surface area contributed by atoms with Crippen LogP contribution in [0.1, 0.15) is 36.4 Å². The van der Waals surface area contributed by atoms with E-state index in [4.69, 9.17) is 5.11 Å². The van der Waals surface area contributed by atoms with Crippen molar-refractivity contribution < 1.29 is 14.7 Å². The molecular weight excluding hydrogens is 384 g/mol. The molecule has 0 aliphatic carbocycles. The van der Waals surface area contributed by atoms with Gasteiger partial charge in [0.25, 0.3) is 0 Å². The van der Waals surface area contributed by atoms with Crippen molar-refractivity contribution in [1.82, 2.24) is 5.01 Å². The Morgan fingerprint density at radius 3 is 2.56 bits per heavy atom. The summed E-state index contributed by atoms with van der Waals surface area (Å²) in [5.41, 5.74) is 2.76. The number of hydrogen-bond donors (Lipinski definition) is 1. The third-order valence-corrected chi connectivity index (χ3v) is 4.55. The zero-order chi connectivity index (χ0) is 17.8. The highest BCUT2D eigenvalue weighted by Crippen LogP contribution is 2.34. The number of halogens is 1. The van der Waals surface area contributed by atoms with E-state index < -0.39 is 5.97 Å². The van der Waals surface area contributed by atoms with Gasteiger partial charge in [-0.3, -0.25) is 9.59 Å². The first kappa shape index (κ1) is 17.4. The molecule has 0 saturated carbocycles. The highest BCUT2D eigenvalue weighted by atomic mass is 79.9. The molecule has 1 amide bonds. The molecular formula is C19H17BrN2O3. The minimum Gasteiger partial charge on any atom is -0.481 e. The van der Waals surface area contributed by atoms with Gasteiger partial charge in [0.2, 0.25) is 5.91 Å². The summed E-state index contributed by atoms with van der Waals surface area (Å²) in [5, 5.41) is 14.8. The maximum absolute atomic E-state index is 12.5. The fourth-order valence-corrected chi connectivity index (χ4v) is 3.26. The molecule has 1 aliphatic heterocycles. The molecule has 1 heterocycles. The van der Waals surface area contributed by atoms with Crippen LogP contribution >= 0.6 is 15.9 Å². The van der Waals surface area contributed by atoms with E-state index >= 15 is 0 Å². The van der Waals surface area contributed by atoms with Crippen LogP contribution in [-0.2, 0) is 9.59 Å². The first-order valence-electron chi connectivity index (χ1n) is 7.97. The van der Waals surface area contributed by atoms with Crippen LogP contribution in [0.15, 0.2) is 64.2 Å². The van der Waals surface area contributed by atoms with Gasteiger partial charge in [-0.15, -0.1) is 0 Å². The number of hydrogen-bond acceptors (Lipinski definition) is 3. The summed E-state index contributed by atoms with van der Waals surface area (Å²) < 4.78 is 0.927. The van der Waals surface area contributed by atoms with Crippen LogP contribution < -0.4 is 0 Å². The summed E-state index contributed by atoms with van der Waals surface area (Å²) in [6, 6.07) is 17.2. The average Bonchev–Trinajstić information content (AvgIpc) is 3.06. The second-order valence-corrected chi connectivity index (χ2v) is 6.74. The van der Waals surface area contributed by atoms with E-state index in [0.717, 1.165) is 21.3 Å². The molecule has 0 spiro atoms. The minimum atomic E-state index is -0.987. The van der Waals surface area contributed by atoms with Gasteiger partial charge in [0.15, 0.2) is 0 Å². The monoisotopic (exact) mass is 400 g/mol. The number of rotatable bonds is 5. The SMILES string of the molecule is O=C(O)CCC(=O)N1N=C(c2ccccc2)C[C@@H]1c1cccc(Br)c1. The van der Waals surface area contributed by atoms with Crippen LogP contribution in [0.3, 0.4) is 0 Å². The fraction of sp³-hybridized carbons (Fsp3) is 0.211. The molecule has 3 rings (SSSR count). The molecule has 6 heteroatoms. The van der Waals surface area contributed by atoms with E-state index in [1.54, 1.807) is 0 Å². The second-order valence-electron chi connectivity index (χ2n) is 5.82. The Bertz CT molecular complexity index is 820. The Kier molecular flexibility index (Phi) is 5.28. The Balaban J connectivity index is 1.90. The Morgan fingerprint density at radius 2 is 1.88 bits per heavy atom. The number of nitrogens with zero attached hydrogens (tertiary/aromatic N) is 2. The summed E-state index contributed by atoms with van der Waals surface area (Å²) in [6.07, 6.45) is 0.335. The van der Waals surface area contributed by atoms with Crippen LogP contribution in [0.5, 0.6) is 0 Å². The van der Waals surface area contributed by atoms with Crippen molar-refractivity contribution in [2.75, 3.05) is 0 Å². The minimum absolute atomic E-state index is 0.0641. The lowest BCUT2D eigenvalue weighted by Crippen LogP contribution is -2.27. The Morgan fingerprint density at radius 1 is 1.12 bits per heavy atom. The largest absolute Gasteiger partial charge is 0.481 e. The van der Waals surface area contributed by atoms with Gasteiger partial charge < -0.3 is 5.11 Å². The van der Waals surface area contributed by atoms with Gasteiger partial charge in [-0.1, -0.05) is 58.4 Å². The van der Waals surface area contributed by atoms with Crippen molar-refractivity contribution in [1.29, 1.82) is 0 Å². The number of carbonyl (C=O) groups is 2.